The molecule has 0 aromatic heterocycles. The summed E-state index contributed by atoms with van der Waals surface area (Å²) in [7, 11) is 0. The molecule has 1 saturated heterocycles. The van der Waals surface area contributed by atoms with Crippen LogP contribution in [0.3, 0.4) is 0 Å². The zero-order valence-electron chi connectivity index (χ0n) is 13.7. The monoisotopic (exact) mass is 308 g/mol. The SMILES string of the molecule is Cc1ccccc1C(=O)N1CCN(CCc2ccccc2)CC1. The van der Waals surface area contributed by atoms with Crippen molar-refractivity contribution in [3.05, 3.63) is 71.3 Å². The van der Waals surface area contributed by atoms with Crippen molar-refractivity contribution in [3.63, 3.8) is 0 Å². The maximum absolute atomic E-state index is 12.6. The smallest absolute Gasteiger partial charge is 0.254 e. The molecule has 0 atom stereocenters. The Morgan fingerprint density at radius 2 is 1.57 bits per heavy atom. The second-order valence-corrected chi connectivity index (χ2v) is 6.18. The number of hydrogen-bond donors (Lipinski definition) is 0. The molecule has 0 radical (unpaired) electrons. The van der Waals surface area contributed by atoms with Crippen LogP contribution in [0.4, 0.5) is 0 Å². The summed E-state index contributed by atoms with van der Waals surface area (Å²) in [5.74, 6) is 0.172. The van der Waals surface area contributed by atoms with Gasteiger partial charge in [0.05, 0.1) is 0 Å². The van der Waals surface area contributed by atoms with Gasteiger partial charge in [-0.15, -0.1) is 0 Å². The van der Waals surface area contributed by atoms with Crippen molar-refractivity contribution in [1.29, 1.82) is 0 Å². The Bertz CT molecular complexity index is 646. The zero-order chi connectivity index (χ0) is 16.1. The molecular weight excluding hydrogens is 284 g/mol. The average molecular weight is 308 g/mol. The van der Waals surface area contributed by atoms with Crippen LogP contribution in [0, 0.1) is 6.92 Å². The minimum atomic E-state index is 0.172. The van der Waals surface area contributed by atoms with Gasteiger partial charge in [-0.1, -0.05) is 48.5 Å². The highest BCUT2D eigenvalue weighted by molar-refractivity contribution is 5.95. The van der Waals surface area contributed by atoms with Crippen molar-refractivity contribution in [2.45, 2.75) is 13.3 Å². The minimum Gasteiger partial charge on any atom is -0.336 e. The molecule has 1 fully saturated rings. The van der Waals surface area contributed by atoms with E-state index in [1.54, 1.807) is 0 Å². The highest BCUT2D eigenvalue weighted by Crippen LogP contribution is 2.13. The fraction of sp³-hybridized carbons (Fsp3) is 0.350. The third kappa shape index (κ3) is 3.99. The van der Waals surface area contributed by atoms with Crippen LogP contribution in [0.1, 0.15) is 21.5 Å². The lowest BCUT2D eigenvalue weighted by Crippen LogP contribution is -2.49. The van der Waals surface area contributed by atoms with Gasteiger partial charge in [0, 0.05) is 38.3 Å². The van der Waals surface area contributed by atoms with E-state index in [1.807, 2.05) is 36.1 Å². The number of nitrogens with zero attached hydrogens (tertiary/aromatic N) is 2. The van der Waals surface area contributed by atoms with Crippen molar-refractivity contribution >= 4 is 5.91 Å². The first kappa shape index (κ1) is 15.8. The molecule has 120 valence electrons. The molecule has 0 bridgehead atoms. The van der Waals surface area contributed by atoms with Gasteiger partial charge in [-0.25, -0.2) is 0 Å². The minimum absolute atomic E-state index is 0.172. The molecule has 0 N–H and O–H groups in total. The number of piperazine rings is 1. The van der Waals surface area contributed by atoms with Crippen LogP contribution < -0.4 is 0 Å². The molecule has 3 rings (SSSR count). The molecule has 1 aliphatic rings. The number of amides is 1. The molecule has 1 heterocycles. The highest BCUT2D eigenvalue weighted by atomic mass is 16.2. The summed E-state index contributed by atoms with van der Waals surface area (Å²) in [4.78, 5) is 17.1. The quantitative estimate of drug-likeness (QED) is 0.867. The topological polar surface area (TPSA) is 23.6 Å². The Morgan fingerprint density at radius 3 is 2.26 bits per heavy atom. The number of hydrogen-bond acceptors (Lipinski definition) is 2. The van der Waals surface area contributed by atoms with Gasteiger partial charge in [0.25, 0.3) is 5.91 Å². The van der Waals surface area contributed by atoms with Crippen LogP contribution in [0.25, 0.3) is 0 Å². The first-order chi connectivity index (χ1) is 11.2. The zero-order valence-corrected chi connectivity index (χ0v) is 13.7. The maximum Gasteiger partial charge on any atom is 0.254 e. The molecule has 3 heteroatoms. The Morgan fingerprint density at radius 1 is 0.913 bits per heavy atom. The van der Waals surface area contributed by atoms with E-state index >= 15 is 0 Å². The Balaban J connectivity index is 1.50. The van der Waals surface area contributed by atoms with E-state index in [9.17, 15) is 4.79 Å². The summed E-state index contributed by atoms with van der Waals surface area (Å²) < 4.78 is 0. The highest BCUT2D eigenvalue weighted by Gasteiger charge is 2.22. The Kier molecular flexibility index (Phi) is 5.09. The van der Waals surface area contributed by atoms with Crippen LogP contribution in [0.2, 0.25) is 0 Å². The van der Waals surface area contributed by atoms with Gasteiger partial charge in [0.15, 0.2) is 0 Å². The van der Waals surface area contributed by atoms with Crippen LogP contribution in [-0.4, -0.2) is 48.4 Å². The third-order valence-electron chi connectivity index (χ3n) is 4.59. The molecule has 2 aromatic carbocycles. The normalized spacial score (nSPS) is 15.6. The van der Waals surface area contributed by atoms with Crippen LogP contribution >= 0.6 is 0 Å². The van der Waals surface area contributed by atoms with Gasteiger partial charge in [0.1, 0.15) is 0 Å². The van der Waals surface area contributed by atoms with Crippen LogP contribution in [-0.2, 0) is 6.42 Å². The van der Waals surface area contributed by atoms with E-state index in [1.165, 1.54) is 5.56 Å². The Labute approximate surface area is 138 Å². The predicted octanol–water partition coefficient (Wildman–Crippen LogP) is 3.00. The van der Waals surface area contributed by atoms with Crippen molar-refractivity contribution in [1.82, 2.24) is 9.80 Å². The number of rotatable bonds is 4. The van der Waals surface area contributed by atoms with E-state index in [0.29, 0.717) is 0 Å². The lowest BCUT2D eigenvalue weighted by Gasteiger charge is -2.35. The summed E-state index contributed by atoms with van der Waals surface area (Å²) >= 11 is 0. The number of aryl methyl sites for hydroxylation is 1. The maximum atomic E-state index is 12.6. The molecule has 2 aromatic rings. The Hall–Kier alpha value is -2.13. The van der Waals surface area contributed by atoms with E-state index in [-0.39, 0.29) is 5.91 Å². The molecule has 0 saturated carbocycles. The fourth-order valence-electron chi connectivity index (χ4n) is 3.09. The lowest BCUT2D eigenvalue weighted by molar-refractivity contribution is 0.0638. The van der Waals surface area contributed by atoms with Gasteiger partial charge in [0.2, 0.25) is 0 Å². The molecule has 0 unspecified atom stereocenters. The first-order valence-electron chi connectivity index (χ1n) is 8.35. The fourth-order valence-corrected chi connectivity index (χ4v) is 3.09. The van der Waals surface area contributed by atoms with Gasteiger partial charge >= 0.3 is 0 Å². The van der Waals surface area contributed by atoms with Crippen LogP contribution in [0.15, 0.2) is 54.6 Å². The molecular formula is C20H24N2O. The molecule has 23 heavy (non-hydrogen) atoms. The first-order valence-corrected chi connectivity index (χ1v) is 8.35. The van der Waals surface area contributed by atoms with E-state index in [4.69, 9.17) is 0 Å². The summed E-state index contributed by atoms with van der Waals surface area (Å²) in [5, 5.41) is 0. The van der Waals surface area contributed by atoms with Crippen LogP contribution in [0.5, 0.6) is 0 Å². The summed E-state index contributed by atoms with van der Waals surface area (Å²) in [6, 6.07) is 18.4. The van der Waals surface area contributed by atoms with E-state index < -0.39 is 0 Å². The molecule has 1 amide bonds. The average Bonchev–Trinajstić information content (AvgIpc) is 2.61. The summed E-state index contributed by atoms with van der Waals surface area (Å²) in [5.41, 5.74) is 3.28. The largest absolute Gasteiger partial charge is 0.336 e. The third-order valence-corrected chi connectivity index (χ3v) is 4.59. The molecule has 1 aliphatic heterocycles. The van der Waals surface area contributed by atoms with E-state index in [0.717, 1.165) is 50.3 Å². The standard InChI is InChI=1S/C20H24N2O/c1-17-7-5-6-10-19(17)20(23)22-15-13-21(14-16-22)12-11-18-8-3-2-4-9-18/h2-10H,11-16H2,1H3. The predicted molar refractivity (Wildman–Crippen MR) is 93.7 cm³/mol. The van der Waals surface area contributed by atoms with E-state index in [2.05, 4.69) is 35.2 Å². The number of carbonyl (C=O) groups is 1. The van der Waals surface area contributed by atoms with Crippen molar-refractivity contribution in [3.8, 4) is 0 Å². The number of carbonyl (C=O) groups excluding carboxylic acids is 1. The molecule has 0 aliphatic carbocycles. The summed E-state index contributed by atoms with van der Waals surface area (Å²) in [6.07, 6.45) is 1.08. The van der Waals surface area contributed by atoms with Crippen molar-refractivity contribution in [2.75, 3.05) is 32.7 Å². The van der Waals surface area contributed by atoms with Crippen molar-refractivity contribution < 1.29 is 4.79 Å². The molecule has 0 spiro atoms. The van der Waals surface area contributed by atoms with Gasteiger partial charge in [-0.05, 0) is 30.5 Å². The second-order valence-electron chi connectivity index (χ2n) is 6.18. The van der Waals surface area contributed by atoms with Gasteiger partial charge in [-0.2, -0.15) is 0 Å². The number of benzene rings is 2. The second kappa shape index (κ2) is 7.42. The van der Waals surface area contributed by atoms with Crippen molar-refractivity contribution in [2.24, 2.45) is 0 Å². The lowest BCUT2D eigenvalue weighted by atomic mass is 10.1. The molecule has 3 nitrogen and oxygen atoms in total. The van der Waals surface area contributed by atoms with Gasteiger partial charge < -0.3 is 4.90 Å². The van der Waals surface area contributed by atoms with Gasteiger partial charge in [-0.3, -0.25) is 9.69 Å². The summed E-state index contributed by atoms with van der Waals surface area (Å²) in [6.45, 7) is 6.64.